The van der Waals surface area contributed by atoms with Crippen molar-refractivity contribution in [2.45, 2.75) is 44.0 Å². The smallest absolute Gasteiger partial charge is 0.417 e. The molecule has 3 amide bonds. The molecule has 13 heteroatoms. The van der Waals surface area contributed by atoms with E-state index in [9.17, 15) is 27.6 Å². The van der Waals surface area contributed by atoms with Crippen LogP contribution in [0.2, 0.25) is 0 Å². The van der Waals surface area contributed by atoms with E-state index in [1.165, 1.54) is 6.33 Å². The van der Waals surface area contributed by atoms with Crippen LogP contribution in [0, 0.1) is 0 Å². The zero-order valence-corrected chi connectivity index (χ0v) is 19.6. The van der Waals surface area contributed by atoms with Gasteiger partial charge >= 0.3 is 12.2 Å². The van der Waals surface area contributed by atoms with E-state index in [1.807, 2.05) is 4.98 Å². The third kappa shape index (κ3) is 4.68. The van der Waals surface area contributed by atoms with Gasteiger partial charge in [0.15, 0.2) is 0 Å². The Labute approximate surface area is 208 Å². The summed E-state index contributed by atoms with van der Waals surface area (Å²) in [6.07, 6.45) is -1.09. The molecular formula is C24H22F3N5O5. The molecule has 1 aliphatic heterocycles. The number of pyridine rings is 1. The number of fused-ring (bicyclic) bond motifs is 1. The summed E-state index contributed by atoms with van der Waals surface area (Å²) in [5, 5.41) is 0.720. The van der Waals surface area contributed by atoms with E-state index in [2.05, 4.69) is 9.97 Å². The number of halogens is 3. The van der Waals surface area contributed by atoms with Crippen molar-refractivity contribution in [1.82, 2.24) is 19.9 Å². The van der Waals surface area contributed by atoms with Crippen molar-refractivity contribution in [2.24, 2.45) is 0 Å². The summed E-state index contributed by atoms with van der Waals surface area (Å²) in [6, 6.07) is 4.67. The average molecular weight is 517 g/mol. The number of methoxy groups -OCH3 is 1. The number of anilines is 1. The number of carbonyl (C=O) groups excluding carboxylic acids is 2. The summed E-state index contributed by atoms with van der Waals surface area (Å²) in [6.45, 7) is -0.504. The summed E-state index contributed by atoms with van der Waals surface area (Å²) < 4.78 is 50.7. The number of urea groups is 1. The van der Waals surface area contributed by atoms with Crippen LogP contribution in [0.5, 0.6) is 11.6 Å². The number of nitrogens with zero attached hydrogens (tertiary/aromatic N) is 4. The molecule has 2 aliphatic rings. The van der Waals surface area contributed by atoms with Crippen molar-refractivity contribution in [3.63, 3.8) is 0 Å². The van der Waals surface area contributed by atoms with Gasteiger partial charge in [0.1, 0.15) is 30.4 Å². The standard InChI is InChI=1S/C24H22F3N5O5/c1-36-16-6-7-17-18(9-16)29-12-30-22(17)37-15-4-2-14(3-5-15)32-20(33)11-31(23(32)35)19-8-13(24(25,26)27)10-28-21(19)34/h6-10,12,14-15H,2-5,11H2,1H3,(H,28,34). The molecular weight excluding hydrogens is 495 g/mol. The second kappa shape index (κ2) is 9.37. The van der Waals surface area contributed by atoms with Crippen LogP contribution in [0.4, 0.5) is 23.7 Å². The number of aromatic amines is 1. The lowest BCUT2D eigenvalue weighted by Crippen LogP contribution is -2.45. The first-order chi connectivity index (χ1) is 17.7. The van der Waals surface area contributed by atoms with E-state index in [-0.39, 0.29) is 6.10 Å². The SMILES string of the molecule is COc1ccc2c(OC3CCC(N4C(=O)CN(c5cc(C(F)(F)F)c[nH]c5=O)C4=O)CC3)ncnc2c1. The van der Waals surface area contributed by atoms with Gasteiger partial charge in [0.25, 0.3) is 11.5 Å². The number of amides is 3. The van der Waals surface area contributed by atoms with E-state index >= 15 is 0 Å². The minimum Gasteiger partial charge on any atom is -0.497 e. The number of benzene rings is 1. The van der Waals surface area contributed by atoms with E-state index in [1.54, 1.807) is 25.3 Å². The Kier molecular flexibility index (Phi) is 6.21. The van der Waals surface area contributed by atoms with E-state index < -0.39 is 47.5 Å². The Morgan fingerprint density at radius 3 is 2.51 bits per heavy atom. The molecule has 37 heavy (non-hydrogen) atoms. The fourth-order valence-electron chi connectivity index (χ4n) is 4.71. The van der Waals surface area contributed by atoms with Gasteiger partial charge in [-0.05, 0) is 43.9 Å². The van der Waals surface area contributed by atoms with Gasteiger partial charge in [-0.25, -0.2) is 14.8 Å². The van der Waals surface area contributed by atoms with Gasteiger partial charge in [-0.15, -0.1) is 0 Å². The summed E-state index contributed by atoms with van der Waals surface area (Å²) in [5.74, 6) is 0.500. The van der Waals surface area contributed by atoms with Gasteiger partial charge < -0.3 is 14.5 Å². The van der Waals surface area contributed by atoms with Crippen molar-refractivity contribution < 1.29 is 32.2 Å². The largest absolute Gasteiger partial charge is 0.497 e. The lowest BCUT2D eigenvalue weighted by atomic mass is 9.92. The number of rotatable bonds is 5. The number of ether oxygens (including phenoxy) is 2. The maximum atomic E-state index is 13.1. The van der Waals surface area contributed by atoms with Crippen LogP contribution in [0.1, 0.15) is 31.2 Å². The Morgan fingerprint density at radius 1 is 1.05 bits per heavy atom. The lowest BCUT2D eigenvalue weighted by Gasteiger charge is -2.33. The summed E-state index contributed by atoms with van der Waals surface area (Å²) >= 11 is 0. The number of hydrogen-bond acceptors (Lipinski definition) is 7. The highest BCUT2D eigenvalue weighted by Crippen LogP contribution is 2.34. The minimum atomic E-state index is -4.72. The highest BCUT2D eigenvalue weighted by atomic mass is 19.4. The normalized spacial score (nSPS) is 20.5. The zero-order chi connectivity index (χ0) is 26.3. The Hall–Kier alpha value is -4.16. The van der Waals surface area contributed by atoms with E-state index in [4.69, 9.17) is 9.47 Å². The first kappa shape index (κ1) is 24.5. The first-order valence-electron chi connectivity index (χ1n) is 11.5. The molecule has 0 bridgehead atoms. The third-order valence-electron chi connectivity index (χ3n) is 6.60. The molecule has 5 rings (SSSR count). The molecule has 1 N–H and O–H groups in total. The fraction of sp³-hybridized carbons (Fsp3) is 0.375. The van der Waals surface area contributed by atoms with Gasteiger partial charge in [0.2, 0.25) is 5.88 Å². The van der Waals surface area contributed by atoms with Crippen LogP contribution in [0.25, 0.3) is 10.9 Å². The van der Waals surface area contributed by atoms with Gasteiger partial charge in [-0.2, -0.15) is 13.2 Å². The van der Waals surface area contributed by atoms with Gasteiger partial charge in [0.05, 0.1) is 23.6 Å². The number of alkyl halides is 3. The Morgan fingerprint density at radius 2 is 1.81 bits per heavy atom. The first-order valence-corrected chi connectivity index (χ1v) is 11.5. The minimum absolute atomic E-state index is 0.216. The number of aromatic nitrogens is 3. The molecule has 3 heterocycles. The second-order valence-electron chi connectivity index (χ2n) is 8.84. The van der Waals surface area contributed by atoms with Gasteiger partial charge in [-0.1, -0.05) is 0 Å². The molecule has 2 aromatic heterocycles. The molecule has 0 radical (unpaired) electrons. The molecule has 10 nitrogen and oxygen atoms in total. The summed E-state index contributed by atoms with van der Waals surface area (Å²) in [7, 11) is 1.56. The van der Waals surface area contributed by atoms with Crippen molar-refractivity contribution in [3.8, 4) is 11.6 Å². The lowest BCUT2D eigenvalue weighted by molar-refractivity contribution is -0.137. The van der Waals surface area contributed by atoms with Crippen molar-refractivity contribution in [3.05, 3.63) is 52.7 Å². The van der Waals surface area contributed by atoms with Crippen molar-refractivity contribution in [2.75, 3.05) is 18.6 Å². The molecule has 1 saturated carbocycles. The zero-order valence-electron chi connectivity index (χ0n) is 19.6. The summed E-state index contributed by atoms with van der Waals surface area (Å²) in [4.78, 5) is 50.2. The van der Waals surface area contributed by atoms with Crippen LogP contribution in [0.3, 0.4) is 0 Å². The third-order valence-corrected chi connectivity index (χ3v) is 6.60. The molecule has 0 spiro atoms. The van der Waals surface area contributed by atoms with Gasteiger partial charge in [-0.3, -0.25) is 19.4 Å². The van der Waals surface area contributed by atoms with Crippen molar-refractivity contribution >= 4 is 28.5 Å². The van der Waals surface area contributed by atoms with Crippen LogP contribution in [0.15, 0.2) is 41.6 Å². The molecule has 2 fully saturated rings. The predicted octanol–water partition coefficient (Wildman–Crippen LogP) is 3.50. The molecule has 1 aromatic carbocycles. The molecule has 0 atom stereocenters. The molecule has 0 unspecified atom stereocenters. The highest BCUT2D eigenvalue weighted by Gasteiger charge is 2.44. The second-order valence-corrected chi connectivity index (χ2v) is 8.84. The van der Waals surface area contributed by atoms with Crippen molar-refractivity contribution in [1.29, 1.82) is 0 Å². The number of hydrogen-bond donors (Lipinski definition) is 1. The molecule has 3 aromatic rings. The van der Waals surface area contributed by atoms with E-state index in [0.717, 1.165) is 15.2 Å². The Bertz CT molecular complexity index is 1420. The fourth-order valence-corrected chi connectivity index (χ4v) is 4.71. The Balaban J connectivity index is 1.27. The number of H-pyrrole nitrogens is 1. The quantitative estimate of drug-likeness (QED) is 0.515. The maximum Gasteiger partial charge on any atom is 0.417 e. The topological polar surface area (TPSA) is 118 Å². The summed E-state index contributed by atoms with van der Waals surface area (Å²) in [5.41, 5.74) is -1.85. The number of imide groups is 1. The monoisotopic (exact) mass is 517 g/mol. The maximum absolute atomic E-state index is 13.1. The van der Waals surface area contributed by atoms with Crippen LogP contribution in [-0.4, -0.2) is 57.6 Å². The molecule has 1 saturated heterocycles. The number of nitrogens with one attached hydrogen (secondary N) is 1. The average Bonchev–Trinajstić information content (AvgIpc) is 3.17. The molecule has 1 aliphatic carbocycles. The van der Waals surface area contributed by atoms with Gasteiger partial charge in [0, 0.05) is 18.3 Å². The van der Waals surface area contributed by atoms with E-state index in [0.29, 0.717) is 55.1 Å². The van der Waals surface area contributed by atoms with Crippen LogP contribution in [-0.2, 0) is 11.0 Å². The number of carbonyl (C=O) groups is 2. The van der Waals surface area contributed by atoms with Crippen LogP contribution < -0.4 is 19.9 Å². The molecule has 194 valence electrons. The predicted molar refractivity (Wildman–Crippen MR) is 124 cm³/mol. The highest BCUT2D eigenvalue weighted by molar-refractivity contribution is 6.12. The van der Waals surface area contributed by atoms with Crippen LogP contribution >= 0.6 is 0 Å².